The van der Waals surface area contributed by atoms with E-state index >= 15 is 0 Å². The number of benzene rings is 1. The van der Waals surface area contributed by atoms with Gasteiger partial charge < -0.3 is 15.4 Å². The molecule has 0 amide bonds. The zero-order valence-corrected chi connectivity index (χ0v) is 18.1. The number of nitrogens with one attached hydrogen (secondary N) is 2. The molecule has 1 aromatic rings. The summed E-state index contributed by atoms with van der Waals surface area (Å²) in [7, 11) is 0. The molecule has 1 aliphatic carbocycles. The van der Waals surface area contributed by atoms with Gasteiger partial charge in [-0.05, 0) is 57.7 Å². The van der Waals surface area contributed by atoms with Crippen LogP contribution in [0.3, 0.4) is 0 Å². The third-order valence-corrected chi connectivity index (χ3v) is 4.45. The second-order valence-corrected chi connectivity index (χ2v) is 6.38. The number of aliphatic imine (C=N–C) groups is 1. The molecule has 0 saturated heterocycles. The molecule has 8 heteroatoms. The minimum atomic E-state index is -0.480. The molecule has 0 spiro atoms. The minimum Gasteiger partial charge on any atom is -0.466 e. The molecule has 0 aliphatic heterocycles. The molecule has 0 bridgehead atoms. The van der Waals surface area contributed by atoms with Crippen molar-refractivity contribution < 1.29 is 18.3 Å². The molecular formula is C19H28F2IN3O2. The second-order valence-electron chi connectivity index (χ2n) is 6.38. The first-order chi connectivity index (χ1) is 12.5. The number of hydrogen-bond donors (Lipinski definition) is 2. The Balaban J connectivity index is 0.00000364. The van der Waals surface area contributed by atoms with Gasteiger partial charge in [0.25, 0.3) is 0 Å². The maximum absolute atomic E-state index is 13.7. The number of carbonyl (C=O) groups is 1. The van der Waals surface area contributed by atoms with E-state index in [9.17, 15) is 13.6 Å². The normalized spacial score (nSPS) is 19.8. The monoisotopic (exact) mass is 495 g/mol. The number of esters is 1. The van der Waals surface area contributed by atoms with E-state index in [1.165, 1.54) is 0 Å². The fraction of sp³-hybridized carbons (Fsp3) is 0.579. The first-order valence-corrected chi connectivity index (χ1v) is 9.18. The van der Waals surface area contributed by atoms with Gasteiger partial charge in [0.15, 0.2) is 5.96 Å². The highest BCUT2D eigenvalue weighted by molar-refractivity contribution is 14.0. The first-order valence-electron chi connectivity index (χ1n) is 9.18. The zero-order chi connectivity index (χ0) is 18.9. The van der Waals surface area contributed by atoms with Crippen molar-refractivity contribution in [2.45, 2.75) is 52.1 Å². The summed E-state index contributed by atoms with van der Waals surface area (Å²) in [4.78, 5) is 16.2. The van der Waals surface area contributed by atoms with E-state index in [0.29, 0.717) is 19.1 Å². The lowest BCUT2D eigenvalue weighted by Gasteiger charge is -2.29. The molecule has 1 aromatic carbocycles. The van der Waals surface area contributed by atoms with Crippen LogP contribution in [0.1, 0.15) is 45.1 Å². The fourth-order valence-corrected chi connectivity index (χ4v) is 3.08. The van der Waals surface area contributed by atoms with Gasteiger partial charge in [0.1, 0.15) is 11.6 Å². The molecule has 0 unspecified atom stereocenters. The Bertz CT molecular complexity index is 635. The largest absolute Gasteiger partial charge is 0.466 e. The van der Waals surface area contributed by atoms with Gasteiger partial charge in [-0.25, -0.2) is 13.8 Å². The molecular weight excluding hydrogens is 467 g/mol. The fourth-order valence-electron chi connectivity index (χ4n) is 3.08. The highest BCUT2D eigenvalue weighted by Crippen LogP contribution is 2.25. The van der Waals surface area contributed by atoms with Gasteiger partial charge in [0, 0.05) is 18.2 Å². The Morgan fingerprint density at radius 2 is 1.93 bits per heavy atom. The van der Waals surface area contributed by atoms with E-state index in [1.807, 2.05) is 13.8 Å². The van der Waals surface area contributed by atoms with Gasteiger partial charge in [-0.15, -0.1) is 24.0 Å². The van der Waals surface area contributed by atoms with Crippen LogP contribution in [0.4, 0.5) is 8.78 Å². The first kappa shape index (κ1) is 23.6. The molecule has 2 N–H and O–H groups in total. The van der Waals surface area contributed by atoms with Crippen LogP contribution >= 0.6 is 24.0 Å². The Morgan fingerprint density at radius 1 is 1.22 bits per heavy atom. The lowest BCUT2D eigenvalue weighted by Crippen LogP contribution is -2.45. The van der Waals surface area contributed by atoms with Gasteiger partial charge in [-0.1, -0.05) is 0 Å². The van der Waals surface area contributed by atoms with Crippen molar-refractivity contribution in [3.05, 3.63) is 35.4 Å². The molecule has 2 rings (SSSR count). The SMILES string of the molecule is CCNC(=NCc1cc(F)ccc1F)NC1CCC(C(=O)OCC)CC1.I. The molecule has 0 aromatic heterocycles. The summed E-state index contributed by atoms with van der Waals surface area (Å²) in [6.07, 6.45) is 3.22. The molecule has 27 heavy (non-hydrogen) atoms. The molecule has 0 radical (unpaired) electrons. The van der Waals surface area contributed by atoms with Gasteiger partial charge in [-0.2, -0.15) is 0 Å². The van der Waals surface area contributed by atoms with Gasteiger partial charge in [0.2, 0.25) is 0 Å². The molecule has 1 saturated carbocycles. The maximum Gasteiger partial charge on any atom is 0.308 e. The van der Waals surface area contributed by atoms with E-state index in [1.54, 1.807) is 0 Å². The summed E-state index contributed by atoms with van der Waals surface area (Å²) >= 11 is 0. The number of nitrogens with zero attached hydrogens (tertiary/aromatic N) is 1. The van der Waals surface area contributed by atoms with Crippen LogP contribution in [-0.4, -0.2) is 31.1 Å². The third-order valence-electron chi connectivity index (χ3n) is 4.45. The smallest absolute Gasteiger partial charge is 0.308 e. The van der Waals surface area contributed by atoms with Gasteiger partial charge in [-0.3, -0.25) is 4.79 Å². The summed E-state index contributed by atoms with van der Waals surface area (Å²) in [6, 6.07) is 3.55. The summed E-state index contributed by atoms with van der Waals surface area (Å²) in [5.74, 6) is -0.537. The Labute approximate surface area is 176 Å². The maximum atomic E-state index is 13.7. The minimum absolute atomic E-state index is 0. The standard InChI is InChI=1S/C19H27F2N3O2.HI/c1-3-22-19(23-12-14-11-15(20)7-10-17(14)21)24-16-8-5-13(6-9-16)18(25)26-4-2;/h7,10-11,13,16H,3-6,8-9,12H2,1-2H3,(H2,22,23,24);1H. The van der Waals surface area contributed by atoms with E-state index in [4.69, 9.17) is 4.74 Å². The molecule has 152 valence electrons. The number of hydrogen-bond acceptors (Lipinski definition) is 3. The number of guanidine groups is 1. The summed E-state index contributed by atoms with van der Waals surface area (Å²) < 4.78 is 32.1. The predicted octanol–water partition coefficient (Wildman–Crippen LogP) is 3.76. The summed E-state index contributed by atoms with van der Waals surface area (Å²) in [6.45, 7) is 4.88. The lowest BCUT2D eigenvalue weighted by atomic mass is 9.86. The van der Waals surface area contributed by atoms with Crippen LogP contribution < -0.4 is 10.6 Å². The highest BCUT2D eigenvalue weighted by atomic mass is 127. The van der Waals surface area contributed by atoms with Crippen LogP contribution in [-0.2, 0) is 16.1 Å². The number of halogens is 3. The molecule has 1 fully saturated rings. The second kappa shape index (κ2) is 12.1. The van der Waals surface area contributed by atoms with Gasteiger partial charge in [0.05, 0.1) is 19.1 Å². The van der Waals surface area contributed by atoms with Crippen LogP contribution in [0, 0.1) is 17.6 Å². The molecule has 5 nitrogen and oxygen atoms in total. The number of carbonyl (C=O) groups excluding carboxylic acids is 1. The van der Waals surface area contributed by atoms with Gasteiger partial charge >= 0.3 is 5.97 Å². The Kier molecular flexibility index (Phi) is 10.6. The number of ether oxygens (including phenoxy) is 1. The Hall–Kier alpha value is -1.45. The van der Waals surface area contributed by atoms with Crippen LogP contribution in [0.2, 0.25) is 0 Å². The topological polar surface area (TPSA) is 62.7 Å². The van der Waals surface area contributed by atoms with Crippen molar-refractivity contribution in [3.63, 3.8) is 0 Å². The number of rotatable bonds is 6. The highest BCUT2D eigenvalue weighted by Gasteiger charge is 2.27. The van der Waals surface area contributed by atoms with E-state index in [0.717, 1.165) is 43.9 Å². The van der Waals surface area contributed by atoms with Crippen molar-refractivity contribution in [3.8, 4) is 0 Å². The summed E-state index contributed by atoms with van der Waals surface area (Å²) in [5, 5.41) is 6.44. The third kappa shape index (κ3) is 7.59. The average molecular weight is 495 g/mol. The van der Waals surface area contributed by atoms with Crippen molar-refractivity contribution >= 4 is 35.9 Å². The summed E-state index contributed by atoms with van der Waals surface area (Å²) in [5.41, 5.74) is 0.216. The van der Waals surface area contributed by atoms with Crippen LogP contribution in [0.25, 0.3) is 0 Å². The van der Waals surface area contributed by atoms with Crippen molar-refractivity contribution in [2.24, 2.45) is 10.9 Å². The predicted molar refractivity (Wildman–Crippen MR) is 112 cm³/mol. The van der Waals surface area contributed by atoms with Crippen LogP contribution in [0.5, 0.6) is 0 Å². The van der Waals surface area contributed by atoms with E-state index < -0.39 is 11.6 Å². The van der Waals surface area contributed by atoms with Crippen LogP contribution in [0.15, 0.2) is 23.2 Å². The molecule has 1 aliphatic rings. The zero-order valence-electron chi connectivity index (χ0n) is 15.8. The van der Waals surface area contributed by atoms with Crippen molar-refractivity contribution in [1.82, 2.24) is 10.6 Å². The average Bonchev–Trinajstić information content (AvgIpc) is 2.63. The van der Waals surface area contributed by atoms with Crippen molar-refractivity contribution in [2.75, 3.05) is 13.2 Å². The Morgan fingerprint density at radius 3 is 2.56 bits per heavy atom. The lowest BCUT2D eigenvalue weighted by molar-refractivity contribution is -0.149. The molecule has 0 atom stereocenters. The van der Waals surface area contributed by atoms with Crippen molar-refractivity contribution in [1.29, 1.82) is 0 Å². The van der Waals surface area contributed by atoms with E-state index in [2.05, 4.69) is 15.6 Å². The quantitative estimate of drug-likeness (QED) is 0.273. The van der Waals surface area contributed by atoms with E-state index in [-0.39, 0.29) is 54.0 Å². The molecule has 0 heterocycles.